The maximum Gasteiger partial charge on any atom is 0.318 e. The summed E-state index contributed by atoms with van der Waals surface area (Å²) < 4.78 is 0. The minimum atomic E-state index is -0.389. The summed E-state index contributed by atoms with van der Waals surface area (Å²) in [7, 11) is 3.91. The van der Waals surface area contributed by atoms with Crippen molar-refractivity contribution in [2.24, 2.45) is 4.99 Å². The van der Waals surface area contributed by atoms with Crippen molar-refractivity contribution in [1.82, 2.24) is 20.2 Å². The summed E-state index contributed by atoms with van der Waals surface area (Å²) in [5.74, 6) is 3.45. The van der Waals surface area contributed by atoms with Gasteiger partial charge in [-0.15, -0.1) is 0 Å². The summed E-state index contributed by atoms with van der Waals surface area (Å²) in [6.07, 6.45) is 0.993. The van der Waals surface area contributed by atoms with Crippen molar-refractivity contribution < 1.29 is 4.79 Å². The number of anilines is 2. The third kappa shape index (κ3) is 3.94. The molecule has 1 aliphatic carbocycles. The number of aliphatic imine (C=N–C) groups is 1. The standard InChI is InChI=1S/C25H31N7O/c1-15-27-21(12-22(28-15)31(4)5)30-23-18-14-32(25(2,3)19(18)13-26-23)24(33)29-20-11-17(20)16-9-7-6-8-10-16/h6-10,12,17,20H,11,13-14H2,1-5H3,(H,29,33)(H,26,27,28,30)/t17-,20+/m0/s1. The van der Waals surface area contributed by atoms with Crippen molar-refractivity contribution in [1.29, 1.82) is 0 Å². The zero-order valence-corrected chi connectivity index (χ0v) is 19.9. The highest BCUT2D eigenvalue weighted by atomic mass is 16.2. The Morgan fingerprint density at radius 2 is 1.94 bits per heavy atom. The predicted octanol–water partition coefficient (Wildman–Crippen LogP) is 3.33. The maximum atomic E-state index is 13.3. The van der Waals surface area contributed by atoms with E-state index in [4.69, 9.17) is 4.99 Å². The SMILES string of the molecule is Cc1nc(NC2=NCC3=C2CN(C(=O)N[C@@H]2C[C@H]2c2ccccc2)C3(C)C)cc(N(C)C)n1. The van der Waals surface area contributed by atoms with Crippen molar-refractivity contribution in [2.45, 2.75) is 44.7 Å². The molecule has 2 N–H and O–H groups in total. The lowest BCUT2D eigenvalue weighted by Gasteiger charge is -2.34. The highest BCUT2D eigenvalue weighted by Crippen LogP contribution is 2.42. The number of rotatable bonds is 4. The molecule has 2 aliphatic heterocycles. The highest BCUT2D eigenvalue weighted by Gasteiger charge is 2.47. The molecule has 1 fully saturated rings. The average molecular weight is 446 g/mol. The fraction of sp³-hybridized carbons (Fsp3) is 0.440. The number of nitrogens with zero attached hydrogens (tertiary/aromatic N) is 5. The van der Waals surface area contributed by atoms with E-state index in [9.17, 15) is 4.79 Å². The number of aryl methyl sites for hydroxylation is 1. The smallest absolute Gasteiger partial charge is 0.318 e. The van der Waals surface area contributed by atoms with Gasteiger partial charge in [0, 0.05) is 37.7 Å². The van der Waals surface area contributed by atoms with Crippen LogP contribution in [-0.4, -0.2) is 65.5 Å². The molecular weight excluding hydrogens is 414 g/mol. The van der Waals surface area contributed by atoms with Crippen molar-refractivity contribution in [3.63, 3.8) is 0 Å². The molecule has 2 aromatic rings. The molecule has 172 valence electrons. The Morgan fingerprint density at radius 3 is 2.67 bits per heavy atom. The summed E-state index contributed by atoms with van der Waals surface area (Å²) in [4.78, 5) is 30.8. The van der Waals surface area contributed by atoms with Crippen LogP contribution in [0, 0.1) is 6.92 Å². The average Bonchev–Trinajstić information content (AvgIpc) is 3.32. The van der Waals surface area contributed by atoms with Crippen LogP contribution < -0.4 is 15.5 Å². The quantitative estimate of drug-likeness (QED) is 0.754. The van der Waals surface area contributed by atoms with E-state index in [0.717, 1.165) is 23.6 Å². The van der Waals surface area contributed by atoms with Crippen LogP contribution in [0.25, 0.3) is 0 Å². The van der Waals surface area contributed by atoms with Crippen molar-refractivity contribution >= 4 is 23.5 Å². The molecule has 1 aromatic carbocycles. The van der Waals surface area contributed by atoms with Crippen LogP contribution in [0.4, 0.5) is 16.4 Å². The van der Waals surface area contributed by atoms with E-state index >= 15 is 0 Å². The summed E-state index contributed by atoms with van der Waals surface area (Å²) in [6.45, 7) is 7.22. The number of hydrogen-bond acceptors (Lipinski definition) is 6. The molecule has 0 saturated heterocycles. The molecule has 0 unspecified atom stereocenters. The van der Waals surface area contributed by atoms with Gasteiger partial charge in [-0.2, -0.15) is 0 Å². The number of benzene rings is 1. The molecule has 2 atom stereocenters. The van der Waals surface area contributed by atoms with Crippen LogP contribution >= 0.6 is 0 Å². The Morgan fingerprint density at radius 1 is 1.18 bits per heavy atom. The summed E-state index contributed by atoms with van der Waals surface area (Å²) in [5.41, 5.74) is 3.18. The van der Waals surface area contributed by atoms with Crippen molar-refractivity contribution in [3.8, 4) is 0 Å². The Labute approximate surface area is 194 Å². The molecule has 0 bridgehead atoms. The monoisotopic (exact) mass is 445 g/mol. The number of amidine groups is 1. The van der Waals surface area contributed by atoms with Gasteiger partial charge >= 0.3 is 6.03 Å². The topological polar surface area (TPSA) is 85.8 Å². The number of amides is 2. The predicted molar refractivity (Wildman–Crippen MR) is 131 cm³/mol. The molecule has 3 aliphatic rings. The lowest BCUT2D eigenvalue weighted by Crippen LogP contribution is -2.51. The zero-order chi connectivity index (χ0) is 23.3. The fourth-order valence-electron chi connectivity index (χ4n) is 4.81. The first kappa shape index (κ1) is 21.4. The number of aromatic nitrogens is 2. The van der Waals surface area contributed by atoms with Gasteiger partial charge in [0.2, 0.25) is 0 Å². The van der Waals surface area contributed by atoms with E-state index in [1.807, 2.05) is 43.0 Å². The minimum absolute atomic E-state index is 0.00930. The Kier molecular flexibility index (Phi) is 5.11. The minimum Gasteiger partial charge on any atom is -0.363 e. The Balaban J connectivity index is 1.27. The molecule has 8 nitrogen and oxygen atoms in total. The fourth-order valence-corrected chi connectivity index (χ4v) is 4.81. The molecule has 3 heterocycles. The van der Waals surface area contributed by atoms with Gasteiger partial charge in [0.25, 0.3) is 0 Å². The van der Waals surface area contributed by atoms with Crippen LogP contribution in [0.15, 0.2) is 52.5 Å². The first-order chi connectivity index (χ1) is 15.7. The molecule has 8 heteroatoms. The lowest BCUT2D eigenvalue weighted by molar-refractivity contribution is 0.170. The zero-order valence-electron chi connectivity index (χ0n) is 19.9. The number of carbonyl (C=O) groups excluding carboxylic acids is 1. The van der Waals surface area contributed by atoms with Gasteiger partial charge in [-0.1, -0.05) is 30.3 Å². The van der Waals surface area contributed by atoms with Gasteiger partial charge in [-0.3, -0.25) is 4.99 Å². The number of hydrogen-bond donors (Lipinski definition) is 2. The second-order valence-electron chi connectivity index (χ2n) is 9.75. The number of urea groups is 1. The van der Waals surface area contributed by atoms with Gasteiger partial charge in [0.1, 0.15) is 23.3 Å². The molecule has 0 spiro atoms. The van der Waals surface area contributed by atoms with E-state index in [1.54, 1.807) is 0 Å². The largest absolute Gasteiger partial charge is 0.363 e. The first-order valence-electron chi connectivity index (χ1n) is 11.4. The number of carbonyl (C=O) groups is 1. The molecule has 5 rings (SSSR count). The van der Waals surface area contributed by atoms with E-state index in [-0.39, 0.29) is 17.6 Å². The highest BCUT2D eigenvalue weighted by molar-refractivity contribution is 6.11. The molecule has 2 amide bonds. The van der Waals surface area contributed by atoms with E-state index < -0.39 is 0 Å². The molecule has 0 radical (unpaired) electrons. The van der Waals surface area contributed by atoms with Crippen LogP contribution in [0.2, 0.25) is 0 Å². The summed E-state index contributed by atoms with van der Waals surface area (Å²) in [5, 5.41) is 6.64. The van der Waals surface area contributed by atoms with Crippen molar-refractivity contribution in [3.05, 3.63) is 58.9 Å². The molecular formula is C25H31N7O. The molecule has 1 saturated carbocycles. The van der Waals surface area contributed by atoms with Gasteiger partial charge in [0.15, 0.2) is 0 Å². The summed E-state index contributed by atoms with van der Waals surface area (Å²) in [6, 6.07) is 12.5. The van der Waals surface area contributed by atoms with Crippen LogP contribution in [-0.2, 0) is 0 Å². The third-order valence-corrected chi connectivity index (χ3v) is 6.88. The van der Waals surface area contributed by atoms with Gasteiger partial charge in [0.05, 0.1) is 18.6 Å². The third-order valence-electron chi connectivity index (χ3n) is 6.88. The van der Waals surface area contributed by atoms with E-state index in [0.29, 0.717) is 30.6 Å². The van der Waals surface area contributed by atoms with Crippen LogP contribution in [0.3, 0.4) is 0 Å². The Hall–Kier alpha value is -3.42. The normalized spacial score (nSPS) is 22.7. The second kappa shape index (κ2) is 7.86. The van der Waals surface area contributed by atoms with Crippen molar-refractivity contribution in [2.75, 3.05) is 37.4 Å². The van der Waals surface area contributed by atoms with Gasteiger partial charge in [-0.05, 0) is 38.3 Å². The molecule has 1 aromatic heterocycles. The maximum absolute atomic E-state index is 13.3. The first-order valence-corrected chi connectivity index (χ1v) is 11.4. The summed E-state index contributed by atoms with van der Waals surface area (Å²) >= 11 is 0. The van der Waals surface area contributed by atoms with Gasteiger partial charge < -0.3 is 20.4 Å². The van der Waals surface area contributed by atoms with Crippen LogP contribution in [0.5, 0.6) is 0 Å². The van der Waals surface area contributed by atoms with E-state index in [2.05, 4.69) is 58.7 Å². The lowest BCUT2D eigenvalue weighted by atomic mass is 9.94. The number of nitrogens with one attached hydrogen (secondary N) is 2. The van der Waals surface area contributed by atoms with E-state index in [1.165, 1.54) is 11.1 Å². The second-order valence-corrected chi connectivity index (χ2v) is 9.75. The molecule has 33 heavy (non-hydrogen) atoms. The Bertz CT molecular complexity index is 1150. The van der Waals surface area contributed by atoms with Crippen LogP contribution in [0.1, 0.15) is 37.6 Å². The van der Waals surface area contributed by atoms with Gasteiger partial charge in [-0.25, -0.2) is 14.8 Å².